The predicted octanol–water partition coefficient (Wildman–Crippen LogP) is 6.77. The van der Waals surface area contributed by atoms with Gasteiger partial charge in [0.2, 0.25) is 0 Å². The molecule has 0 spiro atoms. The molecule has 0 unspecified atom stereocenters. The Morgan fingerprint density at radius 3 is 1.89 bits per heavy atom. The Bertz CT molecular complexity index is 2300. The van der Waals surface area contributed by atoms with Gasteiger partial charge < -0.3 is 0 Å². The molecule has 8 aromatic rings. The van der Waals surface area contributed by atoms with E-state index in [9.17, 15) is 9.59 Å². The predicted molar refractivity (Wildman–Crippen MR) is 153 cm³/mol. The summed E-state index contributed by atoms with van der Waals surface area (Å²) in [4.78, 5) is 26.8. The van der Waals surface area contributed by atoms with Crippen molar-refractivity contribution < 1.29 is 4.42 Å². The monoisotopic (exact) mass is 543 g/mol. The molecule has 5 heteroatoms. The van der Waals surface area contributed by atoms with E-state index in [4.69, 9.17) is 4.42 Å². The molecule has 0 amide bonds. The number of fused-ring (bicyclic) bond motifs is 7. The van der Waals surface area contributed by atoms with Crippen LogP contribution in [0.1, 0.15) is 0 Å². The van der Waals surface area contributed by atoms with Crippen molar-refractivity contribution in [1.82, 2.24) is 4.57 Å². The van der Waals surface area contributed by atoms with Gasteiger partial charge in [0.25, 0.3) is 0 Å². The molecule has 0 aliphatic carbocycles. The van der Waals surface area contributed by atoms with Crippen molar-refractivity contribution in [2.75, 3.05) is 0 Å². The van der Waals surface area contributed by atoms with Gasteiger partial charge in [-0.3, -0.25) is 0 Å². The van der Waals surface area contributed by atoms with E-state index < -0.39 is 0 Å². The van der Waals surface area contributed by atoms with Crippen LogP contribution in [0.15, 0.2) is 117 Å². The molecular weight excluding hydrogens is 525 g/mol. The van der Waals surface area contributed by atoms with E-state index in [-0.39, 0.29) is 25.4 Å². The van der Waals surface area contributed by atoms with E-state index in [0.717, 1.165) is 30.6 Å². The van der Waals surface area contributed by atoms with Gasteiger partial charge >= 0.3 is 204 Å². The van der Waals surface area contributed by atoms with Crippen molar-refractivity contribution >= 4 is 77.5 Å². The van der Waals surface area contributed by atoms with Crippen molar-refractivity contribution in [2.24, 2.45) is 0 Å². The molecule has 0 aliphatic rings. The van der Waals surface area contributed by atoms with E-state index >= 15 is 0 Å². The van der Waals surface area contributed by atoms with Crippen LogP contribution in [-0.4, -0.2) is 19.1 Å². The van der Waals surface area contributed by atoms with Crippen LogP contribution in [-0.2, 0) is 0 Å². The van der Waals surface area contributed by atoms with Crippen LogP contribution in [0.5, 0.6) is 0 Å². The Kier molecular flexibility index (Phi) is 4.22. The van der Waals surface area contributed by atoms with Crippen LogP contribution in [0.3, 0.4) is 0 Å². The van der Waals surface area contributed by atoms with Crippen LogP contribution < -0.4 is 10.9 Å². The molecule has 3 aromatic heterocycles. The Balaban J connectivity index is 1.44. The zero-order chi connectivity index (χ0) is 24.7. The molecule has 174 valence electrons. The Labute approximate surface area is 215 Å². The van der Waals surface area contributed by atoms with Crippen LogP contribution in [0.2, 0.25) is 0 Å². The summed E-state index contributed by atoms with van der Waals surface area (Å²) < 4.78 is 10.5. The first-order valence-electron chi connectivity index (χ1n) is 12.0. The molecule has 0 N–H and O–H groups in total. The molecule has 0 atom stereocenters. The van der Waals surface area contributed by atoms with Crippen molar-refractivity contribution in [2.45, 2.75) is 0 Å². The third-order valence-corrected chi connectivity index (χ3v) is 9.57. The third-order valence-electron chi connectivity index (χ3n) is 7.19. The van der Waals surface area contributed by atoms with E-state index in [2.05, 4.69) is 28.8 Å². The molecule has 5 aromatic carbocycles. The Morgan fingerprint density at radius 2 is 1.14 bits per heavy atom. The second-order valence-electron chi connectivity index (χ2n) is 9.25. The van der Waals surface area contributed by atoms with Crippen LogP contribution >= 0.6 is 0 Å². The normalized spacial score (nSPS) is 12.0. The number of aromatic nitrogens is 1. The van der Waals surface area contributed by atoms with Gasteiger partial charge in [-0.25, -0.2) is 0 Å². The van der Waals surface area contributed by atoms with Gasteiger partial charge in [-0.1, -0.05) is 12.1 Å². The molecule has 0 saturated heterocycles. The van der Waals surface area contributed by atoms with Crippen molar-refractivity contribution in [3.63, 3.8) is 0 Å². The molecular formula is C32H17NO3Se. The van der Waals surface area contributed by atoms with Gasteiger partial charge in [0, 0.05) is 0 Å². The zero-order valence-corrected chi connectivity index (χ0v) is 21.1. The number of rotatable bonds is 1. The third kappa shape index (κ3) is 2.90. The van der Waals surface area contributed by atoms with Crippen LogP contribution in [0.25, 0.3) is 68.7 Å². The summed E-state index contributed by atoms with van der Waals surface area (Å²) in [5.74, 6) is 0. The molecule has 0 saturated carbocycles. The first kappa shape index (κ1) is 20.7. The topological polar surface area (TPSA) is 52.2 Å². The molecule has 0 aliphatic heterocycles. The fourth-order valence-corrected chi connectivity index (χ4v) is 7.77. The first-order chi connectivity index (χ1) is 18.2. The van der Waals surface area contributed by atoms with Gasteiger partial charge in [0.05, 0.1) is 0 Å². The molecule has 0 bridgehead atoms. The van der Waals surface area contributed by atoms with Crippen LogP contribution in [0, 0.1) is 0 Å². The Morgan fingerprint density at radius 1 is 0.514 bits per heavy atom. The molecule has 3 heterocycles. The van der Waals surface area contributed by atoms with E-state index in [0.29, 0.717) is 27.3 Å². The quantitative estimate of drug-likeness (QED) is 0.170. The maximum absolute atomic E-state index is 13.6. The van der Waals surface area contributed by atoms with Gasteiger partial charge in [-0.2, -0.15) is 0 Å². The van der Waals surface area contributed by atoms with E-state index in [1.165, 1.54) is 10.8 Å². The first-order valence-corrected chi connectivity index (χ1v) is 13.7. The van der Waals surface area contributed by atoms with Crippen molar-refractivity contribution in [3.05, 3.63) is 124 Å². The SMILES string of the molecule is O=c1c2ccc(-n3c4ccccc4c4ccccc43)cc2oc2cc3c(=O)c4ccccc4[se]c3cc12. The average Bonchev–Trinajstić information content (AvgIpc) is 3.27. The number of hydrogen-bond acceptors (Lipinski definition) is 3. The number of hydrogen-bond donors (Lipinski definition) is 0. The van der Waals surface area contributed by atoms with Crippen molar-refractivity contribution in [3.8, 4) is 5.69 Å². The van der Waals surface area contributed by atoms with Crippen molar-refractivity contribution in [1.29, 1.82) is 0 Å². The fourth-order valence-electron chi connectivity index (χ4n) is 5.48. The van der Waals surface area contributed by atoms with Gasteiger partial charge in [0.15, 0.2) is 0 Å². The van der Waals surface area contributed by atoms with Gasteiger partial charge in [-0.15, -0.1) is 0 Å². The average molecular weight is 542 g/mol. The number of para-hydroxylation sites is 2. The summed E-state index contributed by atoms with van der Waals surface area (Å²) in [7, 11) is 0. The zero-order valence-electron chi connectivity index (χ0n) is 19.4. The summed E-state index contributed by atoms with van der Waals surface area (Å²) in [6, 6.07) is 33.7. The summed E-state index contributed by atoms with van der Waals surface area (Å²) in [6.07, 6.45) is 0. The molecule has 0 fully saturated rings. The molecule has 37 heavy (non-hydrogen) atoms. The second-order valence-corrected chi connectivity index (χ2v) is 11.5. The Hall–Kier alpha value is -4.44. The van der Waals surface area contributed by atoms with E-state index in [1.54, 1.807) is 6.07 Å². The number of nitrogens with zero attached hydrogens (tertiary/aromatic N) is 1. The van der Waals surface area contributed by atoms with Gasteiger partial charge in [0.1, 0.15) is 0 Å². The summed E-state index contributed by atoms with van der Waals surface area (Å²) in [5, 5.41) is 4.77. The second kappa shape index (κ2) is 7.53. The molecule has 4 nitrogen and oxygen atoms in total. The summed E-state index contributed by atoms with van der Waals surface area (Å²) in [5.41, 5.74) is 3.96. The van der Waals surface area contributed by atoms with E-state index in [1.807, 2.05) is 72.8 Å². The minimum atomic E-state index is -0.0741. The summed E-state index contributed by atoms with van der Waals surface area (Å²) in [6.45, 7) is 0. The number of benzene rings is 5. The van der Waals surface area contributed by atoms with Crippen LogP contribution in [0.4, 0.5) is 0 Å². The minimum absolute atomic E-state index is 0.0117. The molecule has 0 radical (unpaired) electrons. The standard InChI is InChI=1S/C32H17NO3Se/c34-31-21-14-13-18(33-25-10-4-1-7-19(25)20-8-2-5-11-26(20)33)15-27(21)36-28-16-24-30(17-23(28)31)37-29-12-6-3-9-22(29)32(24)35/h1-17H. The maximum atomic E-state index is 13.6. The van der Waals surface area contributed by atoms with Gasteiger partial charge in [-0.05, 0) is 0 Å². The molecule has 8 rings (SSSR count). The fraction of sp³-hybridized carbons (Fsp3) is 0. The summed E-state index contributed by atoms with van der Waals surface area (Å²) >= 11 is -0.0458.